The van der Waals surface area contributed by atoms with Crippen LogP contribution in [0.25, 0.3) is 0 Å². The summed E-state index contributed by atoms with van der Waals surface area (Å²) in [4.78, 5) is 10.6. The number of hydrogen-bond donors (Lipinski definition) is 0. The zero-order valence-electron chi connectivity index (χ0n) is 11.4. The number of rotatable bonds is 6. The maximum atomic E-state index is 5.34. The lowest BCUT2D eigenvalue weighted by atomic mass is 9.89. The second kappa shape index (κ2) is 6.77. The lowest BCUT2D eigenvalue weighted by molar-refractivity contribution is -0.330. The molecule has 1 unspecified atom stereocenters. The van der Waals surface area contributed by atoms with Crippen LogP contribution < -0.4 is 0 Å². The summed E-state index contributed by atoms with van der Waals surface area (Å²) in [7, 11) is 0. The van der Waals surface area contributed by atoms with Gasteiger partial charge in [-0.25, -0.2) is 9.78 Å². The molecule has 0 aromatic heterocycles. The van der Waals surface area contributed by atoms with Crippen molar-refractivity contribution in [1.82, 2.24) is 0 Å². The molecule has 96 valence electrons. The average molecular weight is 236 g/mol. The second-order valence-corrected chi connectivity index (χ2v) is 5.75. The molecule has 0 saturated carbocycles. The van der Waals surface area contributed by atoms with Crippen LogP contribution in [0, 0.1) is 5.41 Å². The van der Waals surface area contributed by atoms with Crippen molar-refractivity contribution in [3.8, 4) is 0 Å². The maximum absolute atomic E-state index is 5.34. The Morgan fingerprint density at radius 1 is 1.12 bits per heavy atom. The first kappa shape index (κ1) is 14.2. The van der Waals surface area contributed by atoms with Crippen molar-refractivity contribution >= 4 is 0 Å². The first-order chi connectivity index (χ1) is 7.97. The van der Waals surface area contributed by atoms with Crippen LogP contribution in [-0.2, 0) is 16.4 Å². The van der Waals surface area contributed by atoms with Crippen LogP contribution in [-0.4, -0.2) is 6.10 Å². The molecule has 0 fully saturated rings. The van der Waals surface area contributed by atoms with Gasteiger partial charge >= 0.3 is 0 Å². The molecular weight excluding hydrogens is 212 g/mol. The van der Waals surface area contributed by atoms with E-state index in [9.17, 15) is 0 Å². The first-order valence-electron chi connectivity index (χ1n) is 6.29. The SMILES string of the molecule is CC(CCC(C)(C)C)OOCc1ccccc1. The number of benzene rings is 1. The predicted octanol–water partition coefficient (Wildman–Crippen LogP) is 4.35. The van der Waals surface area contributed by atoms with Gasteiger partial charge < -0.3 is 0 Å². The molecule has 0 aliphatic heterocycles. The molecule has 0 aliphatic carbocycles. The summed E-state index contributed by atoms with van der Waals surface area (Å²) in [5.41, 5.74) is 1.49. The van der Waals surface area contributed by atoms with Crippen molar-refractivity contribution in [3.05, 3.63) is 35.9 Å². The summed E-state index contributed by atoms with van der Waals surface area (Å²) in [6, 6.07) is 10.1. The van der Waals surface area contributed by atoms with Crippen molar-refractivity contribution in [3.63, 3.8) is 0 Å². The Balaban J connectivity index is 2.14. The summed E-state index contributed by atoms with van der Waals surface area (Å²) in [6.45, 7) is 9.29. The maximum Gasteiger partial charge on any atom is 0.107 e. The van der Waals surface area contributed by atoms with Crippen LogP contribution in [0.3, 0.4) is 0 Å². The van der Waals surface area contributed by atoms with Gasteiger partial charge in [-0.05, 0) is 30.7 Å². The van der Waals surface area contributed by atoms with Crippen molar-refractivity contribution in [2.45, 2.75) is 53.2 Å². The minimum absolute atomic E-state index is 0.151. The molecule has 1 aromatic rings. The fraction of sp³-hybridized carbons (Fsp3) is 0.600. The summed E-state index contributed by atoms with van der Waals surface area (Å²) in [5, 5.41) is 0. The molecule has 0 N–H and O–H groups in total. The zero-order valence-corrected chi connectivity index (χ0v) is 11.4. The van der Waals surface area contributed by atoms with E-state index in [1.807, 2.05) is 30.3 Å². The normalized spacial score (nSPS) is 13.6. The molecule has 0 radical (unpaired) electrons. The summed E-state index contributed by atoms with van der Waals surface area (Å²) >= 11 is 0. The van der Waals surface area contributed by atoms with Gasteiger partial charge in [0.05, 0.1) is 6.10 Å². The van der Waals surface area contributed by atoms with E-state index in [0.717, 1.165) is 18.4 Å². The lowest BCUT2D eigenvalue weighted by Crippen LogP contribution is -2.14. The van der Waals surface area contributed by atoms with Crippen LogP contribution >= 0.6 is 0 Å². The van der Waals surface area contributed by atoms with Gasteiger partial charge in [0.2, 0.25) is 0 Å². The molecule has 0 spiro atoms. The highest BCUT2D eigenvalue weighted by Crippen LogP contribution is 2.22. The molecule has 0 saturated heterocycles. The van der Waals surface area contributed by atoms with E-state index in [4.69, 9.17) is 9.78 Å². The lowest BCUT2D eigenvalue weighted by Gasteiger charge is -2.20. The quantitative estimate of drug-likeness (QED) is 0.540. The predicted molar refractivity (Wildman–Crippen MR) is 70.5 cm³/mol. The van der Waals surface area contributed by atoms with Crippen molar-refractivity contribution in [2.75, 3.05) is 0 Å². The van der Waals surface area contributed by atoms with Crippen molar-refractivity contribution < 1.29 is 9.78 Å². The largest absolute Gasteiger partial charge is 0.233 e. The van der Waals surface area contributed by atoms with Gasteiger partial charge in [0, 0.05) is 0 Å². The van der Waals surface area contributed by atoms with Crippen LogP contribution in [0.1, 0.15) is 46.1 Å². The Morgan fingerprint density at radius 2 is 1.76 bits per heavy atom. The Hall–Kier alpha value is -0.860. The third-order valence-electron chi connectivity index (χ3n) is 2.60. The third-order valence-corrected chi connectivity index (χ3v) is 2.60. The molecule has 2 heteroatoms. The van der Waals surface area contributed by atoms with Gasteiger partial charge in [-0.2, -0.15) is 0 Å². The smallest absolute Gasteiger partial charge is 0.107 e. The Morgan fingerprint density at radius 3 is 2.35 bits per heavy atom. The van der Waals surface area contributed by atoms with E-state index in [1.54, 1.807) is 0 Å². The van der Waals surface area contributed by atoms with Gasteiger partial charge in [0.25, 0.3) is 0 Å². The van der Waals surface area contributed by atoms with E-state index in [2.05, 4.69) is 27.7 Å². The Kier molecular flexibility index (Phi) is 5.66. The van der Waals surface area contributed by atoms with E-state index >= 15 is 0 Å². The molecular formula is C15H24O2. The summed E-state index contributed by atoms with van der Waals surface area (Å²) in [5.74, 6) is 0. The highest BCUT2D eigenvalue weighted by molar-refractivity contribution is 5.13. The van der Waals surface area contributed by atoms with Gasteiger partial charge in [0.15, 0.2) is 0 Å². The van der Waals surface area contributed by atoms with Gasteiger partial charge in [-0.15, -0.1) is 0 Å². The van der Waals surface area contributed by atoms with E-state index in [-0.39, 0.29) is 6.10 Å². The molecule has 0 amide bonds. The standard InChI is InChI=1S/C15H24O2/c1-13(10-11-15(2,3)4)17-16-12-14-8-6-5-7-9-14/h5-9,13H,10-12H2,1-4H3. The molecule has 2 nitrogen and oxygen atoms in total. The van der Waals surface area contributed by atoms with Crippen molar-refractivity contribution in [2.24, 2.45) is 5.41 Å². The van der Waals surface area contributed by atoms with Gasteiger partial charge in [-0.3, -0.25) is 0 Å². The van der Waals surface area contributed by atoms with Gasteiger partial charge in [0.1, 0.15) is 6.61 Å². The first-order valence-corrected chi connectivity index (χ1v) is 6.29. The fourth-order valence-electron chi connectivity index (χ4n) is 1.48. The third kappa shape index (κ3) is 7.14. The molecule has 0 aliphatic rings. The van der Waals surface area contributed by atoms with Gasteiger partial charge in [-0.1, -0.05) is 51.1 Å². The Bertz CT molecular complexity index is 300. The summed E-state index contributed by atoms with van der Waals surface area (Å²) < 4.78 is 0. The minimum Gasteiger partial charge on any atom is -0.233 e. The minimum atomic E-state index is 0.151. The molecule has 0 heterocycles. The second-order valence-electron chi connectivity index (χ2n) is 5.75. The van der Waals surface area contributed by atoms with Crippen LogP contribution in [0.2, 0.25) is 0 Å². The zero-order chi connectivity index (χ0) is 12.7. The van der Waals surface area contributed by atoms with Crippen LogP contribution in [0.15, 0.2) is 30.3 Å². The van der Waals surface area contributed by atoms with E-state index < -0.39 is 0 Å². The molecule has 1 rings (SSSR count). The van der Waals surface area contributed by atoms with E-state index in [0.29, 0.717) is 12.0 Å². The molecule has 1 atom stereocenters. The molecule has 1 aromatic carbocycles. The van der Waals surface area contributed by atoms with Crippen LogP contribution in [0.5, 0.6) is 0 Å². The number of hydrogen-bond acceptors (Lipinski definition) is 2. The molecule has 0 bridgehead atoms. The fourth-order valence-corrected chi connectivity index (χ4v) is 1.48. The highest BCUT2D eigenvalue weighted by Gasteiger charge is 2.13. The average Bonchev–Trinajstić information content (AvgIpc) is 2.27. The monoisotopic (exact) mass is 236 g/mol. The van der Waals surface area contributed by atoms with Crippen LogP contribution in [0.4, 0.5) is 0 Å². The molecule has 17 heavy (non-hydrogen) atoms. The summed E-state index contributed by atoms with van der Waals surface area (Å²) in [6.07, 6.45) is 2.32. The highest BCUT2D eigenvalue weighted by atomic mass is 17.2. The van der Waals surface area contributed by atoms with E-state index in [1.165, 1.54) is 0 Å². The Labute approximate surface area is 105 Å². The topological polar surface area (TPSA) is 18.5 Å². The van der Waals surface area contributed by atoms with Crippen molar-refractivity contribution in [1.29, 1.82) is 0 Å².